The number of benzene rings is 1. The van der Waals surface area contributed by atoms with Gasteiger partial charge in [0, 0.05) is 39.3 Å². The summed E-state index contributed by atoms with van der Waals surface area (Å²) in [4.78, 5) is 40.0. The van der Waals surface area contributed by atoms with Crippen molar-refractivity contribution in [2.75, 3.05) is 64.0 Å². The SMILES string of the molecule is CCOC(=O)c1nc2cc(Cl)c(Cl)cc2nc1N1CCN(C(=O)N2CCOCC2)CC1. The van der Waals surface area contributed by atoms with Crippen LogP contribution in [-0.4, -0.2) is 90.9 Å². The van der Waals surface area contributed by atoms with Crippen LogP contribution in [0.4, 0.5) is 10.6 Å². The Morgan fingerprint density at radius 1 is 0.968 bits per heavy atom. The molecule has 0 spiro atoms. The Balaban J connectivity index is 1.58. The van der Waals surface area contributed by atoms with E-state index in [0.29, 0.717) is 79.4 Å². The van der Waals surface area contributed by atoms with Crippen LogP contribution in [0, 0.1) is 0 Å². The van der Waals surface area contributed by atoms with E-state index in [0.717, 1.165) is 0 Å². The number of hydrogen-bond donors (Lipinski definition) is 0. The van der Waals surface area contributed by atoms with Gasteiger partial charge in [-0.3, -0.25) is 0 Å². The zero-order valence-corrected chi connectivity index (χ0v) is 18.7. The fraction of sp³-hybridized carbons (Fsp3) is 0.500. The van der Waals surface area contributed by atoms with Gasteiger partial charge in [0.2, 0.25) is 0 Å². The number of hydrogen-bond acceptors (Lipinski definition) is 7. The molecule has 2 saturated heterocycles. The second-order valence-electron chi connectivity index (χ2n) is 7.23. The van der Waals surface area contributed by atoms with Gasteiger partial charge in [-0.1, -0.05) is 23.2 Å². The van der Waals surface area contributed by atoms with E-state index in [2.05, 4.69) is 9.97 Å². The molecule has 0 N–H and O–H groups in total. The Labute approximate surface area is 189 Å². The van der Waals surface area contributed by atoms with Gasteiger partial charge >= 0.3 is 12.0 Å². The van der Waals surface area contributed by atoms with E-state index in [9.17, 15) is 9.59 Å². The van der Waals surface area contributed by atoms with Crippen molar-refractivity contribution >= 4 is 52.1 Å². The molecule has 0 aliphatic carbocycles. The molecule has 4 rings (SSSR count). The van der Waals surface area contributed by atoms with Gasteiger partial charge in [0.05, 0.1) is 40.9 Å². The lowest BCUT2D eigenvalue weighted by atomic mass is 10.2. The molecule has 0 saturated carbocycles. The molecule has 11 heteroatoms. The van der Waals surface area contributed by atoms with E-state index >= 15 is 0 Å². The number of carbonyl (C=O) groups excluding carboxylic acids is 2. The van der Waals surface area contributed by atoms with Crippen molar-refractivity contribution in [2.45, 2.75) is 6.92 Å². The zero-order chi connectivity index (χ0) is 22.0. The van der Waals surface area contributed by atoms with E-state index in [-0.39, 0.29) is 18.3 Å². The molecular weight excluding hydrogens is 445 g/mol. The Bertz CT molecular complexity index is 991. The highest BCUT2D eigenvalue weighted by Gasteiger charge is 2.29. The van der Waals surface area contributed by atoms with Gasteiger partial charge in [-0.25, -0.2) is 19.6 Å². The van der Waals surface area contributed by atoms with E-state index in [1.807, 2.05) is 14.7 Å². The third kappa shape index (κ3) is 4.63. The molecule has 9 nitrogen and oxygen atoms in total. The molecule has 0 atom stereocenters. The minimum absolute atomic E-state index is 0.0135. The van der Waals surface area contributed by atoms with Crippen LogP contribution in [0.25, 0.3) is 11.0 Å². The highest BCUT2D eigenvalue weighted by atomic mass is 35.5. The van der Waals surface area contributed by atoms with E-state index in [4.69, 9.17) is 32.7 Å². The van der Waals surface area contributed by atoms with Crippen molar-refractivity contribution in [3.05, 3.63) is 27.9 Å². The molecule has 0 bridgehead atoms. The highest BCUT2D eigenvalue weighted by molar-refractivity contribution is 6.42. The number of rotatable bonds is 3. The second kappa shape index (κ2) is 9.42. The Kier molecular flexibility index (Phi) is 6.64. The summed E-state index contributed by atoms with van der Waals surface area (Å²) in [5.74, 6) is -0.132. The quantitative estimate of drug-likeness (QED) is 0.641. The number of aromatic nitrogens is 2. The summed E-state index contributed by atoms with van der Waals surface area (Å²) in [6.45, 7) is 6.35. The van der Waals surface area contributed by atoms with Crippen molar-refractivity contribution in [2.24, 2.45) is 0 Å². The lowest BCUT2D eigenvalue weighted by Crippen LogP contribution is -2.55. The molecule has 2 aromatic rings. The molecule has 2 fully saturated rings. The predicted octanol–water partition coefficient (Wildman–Crippen LogP) is 2.69. The molecule has 1 aromatic carbocycles. The zero-order valence-electron chi connectivity index (χ0n) is 17.1. The van der Waals surface area contributed by atoms with Crippen molar-refractivity contribution in [3.8, 4) is 0 Å². The maximum absolute atomic E-state index is 12.7. The molecule has 31 heavy (non-hydrogen) atoms. The predicted molar refractivity (Wildman–Crippen MR) is 117 cm³/mol. The number of urea groups is 1. The summed E-state index contributed by atoms with van der Waals surface area (Å²) in [7, 11) is 0. The van der Waals surface area contributed by atoms with Crippen LogP contribution in [0.15, 0.2) is 12.1 Å². The largest absolute Gasteiger partial charge is 0.461 e. The summed E-state index contributed by atoms with van der Waals surface area (Å²) < 4.78 is 10.5. The maximum Gasteiger partial charge on any atom is 0.360 e. The van der Waals surface area contributed by atoms with Crippen LogP contribution in [0.2, 0.25) is 10.0 Å². The summed E-state index contributed by atoms with van der Waals surface area (Å²) >= 11 is 12.2. The minimum atomic E-state index is -0.551. The van der Waals surface area contributed by atoms with Crippen molar-refractivity contribution < 1.29 is 19.1 Å². The first-order valence-corrected chi connectivity index (χ1v) is 10.9. The number of morpholine rings is 1. The molecule has 1 aromatic heterocycles. The average Bonchev–Trinajstić information content (AvgIpc) is 2.79. The number of amides is 2. The van der Waals surface area contributed by atoms with Crippen LogP contribution in [0.5, 0.6) is 0 Å². The fourth-order valence-electron chi connectivity index (χ4n) is 3.66. The van der Waals surface area contributed by atoms with Crippen LogP contribution >= 0.6 is 23.2 Å². The van der Waals surface area contributed by atoms with E-state index in [1.54, 1.807) is 19.1 Å². The standard InChI is InChI=1S/C20H23Cl2N5O4/c1-2-31-19(28)17-18(24-16-12-14(22)13(21)11-15(16)23-17)25-3-5-26(6-4-25)20(29)27-7-9-30-10-8-27/h11-12H,2-10H2,1H3. The normalized spacial score (nSPS) is 17.2. The lowest BCUT2D eigenvalue weighted by Gasteiger charge is -2.39. The maximum atomic E-state index is 12.7. The smallest absolute Gasteiger partial charge is 0.360 e. The summed E-state index contributed by atoms with van der Waals surface area (Å²) in [6, 6.07) is 3.22. The van der Waals surface area contributed by atoms with Crippen molar-refractivity contribution in [3.63, 3.8) is 0 Å². The lowest BCUT2D eigenvalue weighted by molar-refractivity contribution is 0.0428. The van der Waals surface area contributed by atoms with Gasteiger partial charge < -0.3 is 24.2 Å². The number of carbonyl (C=O) groups is 2. The van der Waals surface area contributed by atoms with Crippen molar-refractivity contribution in [1.82, 2.24) is 19.8 Å². The topological polar surface area (TPSA) is 88.1 Å². The van der Waals surface area contributed by atoms with Gasteiger partial charge in [0.15, 0.2) is 11.5 Å². The number of fused-ring (bicyclic) bond motifs is 1. The molecule has 2 aliphatic rings. The summed E-state index contributed by atoms with van der Waals surface area (Å²) in [6.07, 6.45) is 0. The molecular formula is C20H23Cl2N5O4. The minimum Gasteiger partial charge on any atom is -0.461 e. The Hall–Kier alpha value is -2.36. The third-order valence-corrected chi connectivity index (χ3v) is 6.01. The van der Waals surface area contributed by atoms with Crippen LogP contribution in [0.1, 0.15) is 17.4 Å². The number of ether oxygens (including phenoxy) is 2. The second-order valence-corrected chi connectivity index (χ2v) is 8.04. The number of esters is 1. The first-order valence-electron chi connectivity index (χ1n) is 10.2. The summed E-state index contributed by atoms with van der Waals surface area (Å²) in [5, 5.41) is 0.695. The monoisotopic (exact) mass is 467 g/mol. The number of anilines is 1. The fourth-order valence-corrected chi connectivity index (χ4v) is 3.98. The molecule has 0 unspecified atom stereocenters. The molecule has 2 aliphatic heterocycles. The molecule has 166 valence electrons. The summed E-state index contributed by atoms with van der Waals surface area (Å²) in [5.41, 5.74) is 1.12. The number of piperazine rings is 1. The first kappa shape index (κ1) is 21.9. The van der Waals surface area contributed by atoms with Gasteiger partial charge in [0.1, 0.15) is 0 Å². The number of nitrogens with zero attached hydrogens (tertiary/aromatic N) is 5. The van der Waals surface area contributed by atoms with Gasteiger partial charge in [0.25, 0.3) is 0 Å². The molecule has 2 amide bonds. The Morgan fingerprint density at radius 3 is 2.16 bits per heavy atom. The average molecular weight is 468 g/mol. The van der Waals surface area contributed by atoms with Crippen LogP contribution < -0.4 is 4.90 Å². The molecule has 3 heterocycles. The van der Waals surface area contributed by atoms with E-state index in [1.165, 1.54) is 0 Å². The molecule has 0 radical (unpaired) electrons. The van der Waals surface area contributed by atoms with Gasteiger partial charge in [-0.05, 0) is 19.1 Å². The van der Waals surface area contributed by atoms with Crippen molar-refractivity contribution in [1.29, 1.82) is 0 Å². The van der Waals surface area contributed by atoms with Gasteiger partial charge in [-0.2, -0.15) is 0 Å². The van der Waals surface area contributed by atoms with Crippen LogP contribution in [0.3, 0.4) is 0 Å². The van der Waals surface area contributed by atoms with Crippen LogP contribution in [-0.2, 0) is 9.47 Å². The van der Waals surface area contributed by atoms with Gasteiger partial charge in [-0.15, -0.1) is 0 Å². The van der Waals surface area contributed by atoms with E-state index < -0.39 is 5.97 Å². The highest BCUT2D eigenvalue weighted by Crippen LogP contribution is 2.29. The Morgan fingerprint density at radius 2 is 1.55 bits per heavy atom. The number of halogens is 2. The third-order valence-electron chi connectivity index (χ3n) is 5.29. The first-order chi connectivity index (χ1) is 15.0.